The van der Waals surface area contributed by atoms with Crippen LogP contribution in [0.5, 0.6) is 5.75 Å². The minimum Gasteiger partial charge on any atom is -0.492 e. The number of benzene rings is 1. The lowest BCUT2D eigenvalue weighted by atomic mass is 9.83. The molecule has 1 aromatic carbocycles. The molecule has 0 unspecified atom stereocenters. The van der Waals surface area contributed by atoms with Gasteiger partial charge in [-0.25, -0.2) is 4.39 Å². The molecule has 0 radical (unpaired) electrons. The highest BCUT2D eigenvalue weighted by atomic mass is 19.1. The molecule has 0 atom stereocenters. The lowest BCUT2D eigenvalue weighted by Crippen LogP contribution is -2.35. The summed E-state index contributed by atoms with van der Waals surface area (Å²) in [7, 11) is 0. The first kappa shape index (κ1) is 9.19. The van der Waals surface area contributed by atoms with Gasteiger partial charge in [-0.05, 0) is 26.0 Å². The van der Waals surface area contributed by atoms with Gasteiger partial charge in [0.1, 0.15) is 18.2 Å². The number of Topliss-reactive ketones (excluding diaryl/α,β-unsaturated/α-hetero) is 1. The Bertz CT molecular complexity index is 396. The van der Waals surface area contributed by atoms with Gasteiger partial charge < -0.3 is 4.74 Å². The third-order valence-corrected chi connectivity index (χ3v) is 2.39. The second-order valence-electron chi connectivity index (χ2n) is 4.14. The van der Waals surface area contributed by atoms with Crippen LogP contribution < -0.4 is 4.74 Å². The van der Waals surface area contributed by atoms with E-state index >= 15 is 0 Å². The zero-order valence-electron chi connectivity index (χ0n) is 8.13. The van der Waals surface area contributed by atoms with Crippen LogP contribution in [0.3, 0.4) is 0 Å². The monoisotopic (exact) mass is 194 g/mol. The Kier molecular flexibility index (Phi) is 1.84. The highest BCUT2D eigenvalue weighted by Crippen LogP contribution is 2.34. The topological polar surface area (TPSA) is 26.3 Å². The number of carbonyl (C=O) groups is 1. The van der Waals surface area contributed by atoms with Gasteiger partial charge in [-0.2, -0.15) is 0 Å². The summed E-state index contributed by atoms with van der Waals surface area (Å²) in [4.78, 5) is 11.8. The number of hydrogen-bond donors (Lipinski definition) is 0. The van der Waals surface area contributed by atoms with Gasteiger partial charge in [0, 0.05) is 6.07 Å². The number of ether oxygens (including phenoxy) is 1. The van der Waals surface area contributed by atoms with Crippen molar-refractivity contribution < 1.29 is 13.9 Å². The van der Waals surface area contributed by atoms with Gasteiger partial charge >= 0.3 is 0 Å². The highest BCUT2D eigenvalue weighted by molar-refractivity contribution is 6.03. The summed E-state index contributed by atoms with van der Waals surface area (Å²) in [5.41, 5.74) is -0.0344. The molecular weight excluding hydrogens is 183 g/mol. The molecule has 2 nitrogen and oxygen atoms in total. The van der Waals surface area contributed by atoms with E-state index in [4.69, 9.17) is 4.74 Å². The van der Waals surface area contributed by atoms with Crippen LogP contribution in [0.25, 0.3) is 0 Å². The Hall–Kier alpha value is -1.38. The minimum absolute atomic E-state index is 0.0127. The van der Waals surface area contributed by atoms with Crippen LogP contribution in [0.2, 0.25) is 0 Å². The Balaban J connectivity index is 2.52. The Labute approximate surface area is 81.7 Å². The fraction of sp³-hybridized carbons (Fsp3) is 0.364. The van der Waals surface area contributed by atoms with E-state index < -0.39 is 5.41 Å². The van der Waals surface area contributed by atoms with Crippen LogP contribution in [-0.4, -0.2) is 12.4 Å². The first-order valence-corrected chi connectivity index (χ1v) is 4.48. The number of fused-ring (bicyclic) bond motifs is 1. The molecule has 0 aliphatic carbocycles. The van der Waals surface area contributed by atoms with Crippen molar-refractivity contribution in [1.29, 1.82) is 0 Å². The smallest absolute Gasteiger partial charge is 0.175 e. The standard InChI is InChI=1S/C11H11FO2/c1-11(2)6-14-9-5-7(12)3-4-8(9)10(11)13/h3-5H,6H2,1-2H3. The molecule has 1 heterocycles. The summed E-state index contributed by atoms with van der Waals surface area (Å²) >= 11 is 0. The molecule has 3 heteroatoms. The van der Waals surface area contributed by atoms with Crippen molar-refractivity contribution in [3.8, 4) is 5.75 Å². The third-order valence-electron chi connectivity index (χ3n) is 2.39. The average Bonchev–Trinajstić information content (AvgIpc) is 2.12. The second kappa shape index (κ2) is 2.80. The SMILES string of the molecule is CC1(C)COc2cc(F)ccc2C1=O. The third kappa shape index (κ3) is 1.29. The molecule has 0 saturated heterocycles. The summed E-state index contributed by atoms with van der Waals surface area (Å²) in [5.74, 6) is -0.00988. The molecule has 1 aliphatic heterocycles. The summed E-state index contributed by atoms with van der Waals surface area (Å²) in [6.07, 6.45) is 0. The van der Waals surface area contributed by atoms with Gasteiger partial charge in [-0.15, -0.1) is 0 Å². The molecule has 1 aromatic rings. The number of carbonyl (C=O) groups excluding carboxylic acids is 1. The molecule has 0 N–H and O–H groups in total. The summed E-state index contributed by atoms with van der Waals surface area (Å²) in [5, 5.41) is 0. The van der Waals surface area contributed by atoms with Crippen LogP contribution in [-0.2, 0) is 0 Å². The number of halogens is 1. The van der Waals surface area contributed by atoms with E-state index in [1.54, 1.807) is 0 Å². The molecule has 0 fully saturated rings. The molecule has 0 aromatic heterocycles. The van der Waals surface area contributed by atoms with Crippen LogP contribution in [0.1, 0.15) is 24.2 Å². The molecule has 14 heavy (non-hydrogen) atoms. The summed E-state index contributed by atoms with van der Waals surface area (Å²) in [6, 6.07) is 4.01. The van der Waals surface area contributed by atoms with Crippen molar-refractivity contribution in [3.05, 3.63) is 29.6 Å². The average molecular weight is 194 g/mol. The van der Waals surface area contributed by atoms with Gasteiger partial charge in [-0.3, -0.25) is 4.79 Å². The maximum atomic E-state index is 12.8. The zero-order chi connectivity index (χ0) is 10.3. The van der Waals surface area contributed by atoms with Crippen molar-refractivity contribution in [1.82, 2.24) is 0 Å². The van der Waals surface area contributed by atoms with E-state index in [1.165, 1.54) is 18.2 Å². The van der Waals surface area contributed by atoms with E-state index in [0.717, 1.165) is 0 Å². The fourth-order valence-electron chi connectivity index (χ4n) is 1.49. The molecule has 0 bridgehead atoms. The van der Waals surface area contributed by atoms with E-state index in [-0.39, 0.29) is 11.6 Å². The lowest BCUT2D eigenvalue weighted by molar-refractivity contribution is 0.0691. The summed E-state index contributed by atoms with van der Waals surface area (Å²) < 4.78 is 18.2. The Morgan fingerprint density at radius 3 is 2.86 bits per heavy atom. The van der Waals surface area contributed by atoms with Crippen molar-refractivity contribution in [2.24, 2.45) is 5.41 Å². The zero-order valence-corrected chi connectivity index (χ0v) is 8.13. The molecule has 2 rings (SSSR count). The normalized spacial score (nSPS) is 18.6. The van der Waals surface area contributed by atoms with Gasteiger partial charge in [0.2, 0.25) is 0 Å². The van der Waals surface area contributed by atoms with E-state index in [0.29, 0.717) is 17.9 Å². The lowest BCUT2D eigenvalue weighted by Gasteiger charge is -2.29. The molecule has 0 spiro atoms. The first-order chi connectivity index (χ1) is 6.50. The van der Waals surface area contributed by atoms with Gasteiger partial charge in [0.15, 0.2) is 5.78 Å². The molecule has 74 valence electrons. The molecule has 1 aliphatic rings. The predicted molar refractivity (Wildman–Crippen MR) is 50.0 cm³/mol. The number of hydrogen-bond acceptors (Lipinski definition) is 2. The van der Waals surface area contributed by atoms with Crippen LogP contribution >= 0.6 is 0 Å². The predicted octanol–water partition coefficient (Wildman–Crippen LogP) is 2.43. The molecular formula is C11H11FO2. The Morgan fingerprint density at radius 1 is 1.43 bits per heavy atom. The maximum absolute atomic E-state index is 12.8. The van der Waals surface area contributed by atoms with Gasteiger partial charge in [0.05, 0.1) is 11.0 Å². The highest BCUT2D eigenvalue weighted by Gasteiger charge is 2.35. The Morgan fingerprint density at radius 2 is 2.14 bits per heavy atom. The van der Waals surface area contributed by atoms with Crippen molar-refractivity contribution in [2.75, 3.05) is 6.61 Å². The van der Waals surface area contributed by atoms with Gasteiger partial charge in [0.25, 0.3) is 0 Å². The van der Waals surface area contributed by atoms with E-state index in [1.807, 2.05) is 13.8 Å². The quantitative estimate of drug-likeness (QED) is 0.634. The molecule has 0 amide bonds. The second-order valence-corrected chi connectivity index (χ2v) is 4.14. The van der Waals surface area contributed by atoms with Crippen LogP contribution in [0.15, 0.2) is 18.2 Å². The van der Waals surface area contributed by atoms with E-state index in [9.17, 15) is 9.18 Å². The van der Waals surface area contributed by atoms with Crippen molar-refractivity contribution in [2.45, 2.75) is 13.8 Å². The van der Waals surface area contributed by atoms with Gasteiger partial charge in [-0.1, -0.05) is 0 Å². The van der Waals surface area contributed by atoms with Crippen molar-refractivity contribution >= 4 is 5.78 Å². The van der Waals surface area contributed by atoms with E-state index in [2.05, 4.69) is 0 Å². The number of ketones is 1. The van der Waals surface area contributed by atoms with Crippen LogP contribution in [0.4, 0.5) is 4.39 Å². The minimum atomic E-state index is -0.509. The van der Waals surface area contributed by atoms with Crippen LogP contribution in [0, 0.1) is 11.2 Å². The van der Waals surface area contributed by atoms with Crippen molar-refractivity contribution in [3.63, 3.8) is 0 Å². The summed E-state index contributed by atoms with van der Waals surface area (Å²) in [6.45, 7) is 3.95. The first-order valence-electron chi connectivity index (χ1n) is 4.48. The number of rotatable bonds is 0. The molecule has 0 saturated carbocycles. The largest absolute Gasteiger partial charge is 0.492 e. The maximum Gasteiger partial charge on any atom is 0.175 e. The fourth-order valence-corrected chi connectivity index (χ4v) is 1.49.